The van der Waals surface area contributed by atoms with Crippen molar-refractivity contribution in [2.45, 2.75) is 20.3 Å². The van der Waals surface area contributed by atoms with E-state index in [9.17, 15) is 0 Å². The van der Waals surface area contributed by atoms with E-state index in [0.717, 1.165) is 10.2 Å². The van der Waals surface area contributed by atoms with Crippen LogP contribution in [0.4, 0.5) is 0 Å². The second kappa shape index (κ2) is 6.81. The van der Waals surface area contributed by atoms with Crippen LogP contribution in [0.3, 0.4) is 0 Å². The van der Waals surface area contributed by atoms with Crippen molar-refractivity contribution in [1.82, 2.24) is 4.98 Å². The first-order chi connectivity index (χ1) is 5.83. The third kappa shape index (κ3) is 4.09. The van der Waals surface area contributed by atoms with E-state index in [2.05, 4.69) is 20.9 Å². The fourth-order valence-corrected chi connectivity index (χ4v) is 0.837. The molecule has 0 saturated heterocycles. The fourth-order valence-electron chi connectivity index (χ4n) is 0.602. The molecule has 0 unspecified atom stereocenters. The molecule has 1 aromatic heterocycles. The summed E-state index contributed by atoms with van der Waals surface area (Å²) < 4.78 is 0.800. The van der Waals surface area contributed by atoms with E-state index in [0.29, 0.717) is 6.42 Å². The van der Waals surface area contributed by atoms with Gasteiger partial charge in [-0.15, -0.1) is 0 Å². The third-order valence-corrected chi connectivity index (χ3v) is 1.54. The van der Waals surface area contributed by atoms with Gasteiger partial charge in [-0.2, -0.15) is 5.26 Å². The molecule has 0 bridgehead atoms. The van der Waals surface area contributed by atoms with E-state index in [1.807, 2.05) is 32.0 Å². The van der Waals surface area contributed by atoms with Crippen molar-refractivity contribution in [3.63, 3.8) is 0 Å². The molecule has 2 nitrogen and oxygen atoms in total. The Kier molecular flexibility index (Phi) is 6.31. The van der Waals surface area contributed by atoms with Gasteiger partial charge < -0.3 is 0 Å². The number of nitriles is 1. The molecule has 3 heteroatoms. The molecule has 0 saturated carbocycles. The minimum atomic E-state index is 0.431. The maximum Gasteiger partial charge on any atom is 0.106 e. The lowest BCUT2D eigenvalue weighted by molar-refractivity contribution is 1.17. The Balaban J connectivity index is 0.000000561. The van der Waals surface area contributed by atoms with Crippen molar-refractivity contribution in [3.8, 4) is 6.07 Å². The van der Waals surface area contributed by atoms with E-state index >= 15 is 0 Å². The molecule has 0 spiro atoms. The van der Waals surface area contributed by atoms with Gasteiger partial charge in [-0.3, -0.25) is 0 Å². The van der Waals surface area contributed by atoms with E-state index < -0.39 is 0 Å². The summed E-state index contributed by atoms with van der Waals surface area (Å²) in [7, 11) is 0. The molecule has 1 rings (SSSR count). The average Bonchev–Trinajstić information content (AvgIpc) is 2.13. The number of rotatable bonds is 1. The minimum Gasteiger partial charge on any atom is -0.249 e. The van der Waals surface area contributed by atoms with Gasteiger partial charge in [-0.1, -0.05) is 19.9 Å². The van der Waals surface area contributed by atoms with Gasteiger partial charge in [0.05, 0.1) is 12.5 Å². The molecule has 0 aromatic carbocycles. The van der Waals surface area contributed by atoms with Gasteiger partial charge in [0.1, 0.15) is 4.60 Å². The lowest BCUT2D eigenvalue weighted by atomic mass is 10.2. The number of pyridine rings is 1. The maximum absolute atomic E-state index is 8.30. The molecule has 0 aliphatic carbocycles. The van der Waals surface area contributed by atoms with Gasteiger partial charge in [-0.05, 0) is 27.6 Å². The Morgan fingerprint density at radius 3 is 2.58 bits per heavy atom. The van der Waals surface area contributed by atoms with Gasteiger partial charge in [0, 0.05) is 6.20 Å². The summed E-state index contributed by atoms with van der Waals surface area (Å²) in [6.45, 7) is 4.00. The number of hydrogen-bond donors (Lipinski definition) is 0. The Hall–Kier alpha value is -0.880. The molecule has 12 heavy (non-hydrogen) atoms. The van der Waals surface area contributed by atoms with Crippen LogP contribution in [0.2, 0.25) is 0 Å². The quantitative estimate of drug-likeness (QED) is 0.691. The molecule has 0 N–H and O–H groups in total. The summed E-state index contributed by atoms with van der Waals surface area (Å²) >= 11 is 3.20. The van der Waals surface area contributed by atoms with E-state index in [4.69, 9.17) is 5.26 Å². The van der Waals surface area contributed by atoms with Crippen LogP contribution >= 0.6 is 15.9 Å². The summed E-state index contributed by atoms with van der Waals surface area (Å²) in [5.41, 5.74) is 0.950. The van der Waals surface area contributed by atoms with Gasteiger partial charge in [0.2, 0.25) is 0 Å². The zero-order chi connectivity index (χ0) is 9.40. The van der Waals surface area contributed by atoms with Crippen LogP contribution in [0.25, 0.3) is 0 Å². The molecule has 1 heterocycles. The molecule has 0 atom stereocenters. The van der Waals surface area contributed by atoms with Crippen LogP contribution < -0.4 is 0 Å². The number of halogens is 1. The molecule has 0 radical (unpaired) electrons. The van der Waals surface area contributed by atoms with Gasteiger partial charge in [0.15, 0.2) is 0 Å². The highest BCUT2D eigenvalue weighted by atomic mass is 79.9. The second-order valence-electron chi connectivity index (χ2n) is 1.82. The number of aromatic nitrogens is 1. The predicted octanol–water partition coefficient (Wildman–Crippen LogP) is 2.94. The lowest BCUT2D eigenvalue weighted by Crippen LogP contribution is -1.82. The van der Waals surface area contributed by atoms with Crippen LogP contribution in [-0.2, 0) is 6.42 Å². The molecule has 0 amide bonds. The summed E-state index contributed by atoms with van der Waals surface area (Å²) in [5, 5.41) is 8.30. The van der Waals surface area contributed by atoms with Crippen LogP contribution in [0, 0.1) is 11.3 Å². The van der Waals surface area contributed by atoms with Crippen LogP contribution in [0.15, 0.2) is 22.9 Å². The SMILES string of the molecule is CC.N#CCc1ccc(Br)nc1. The van der Waals surface area contributed by atoms with Crippen molar-refractivity contribution in [2.24, 2.45) is 0 Å². The Morgan fingerprint density at radius 2 is 2.17 bits per heavy atom. The highest BCUT2D eigenvalue weighted by Gasteiger charge is 1.90. The Morgan fingerprint density at radius 1 is 1.50 bits per heavy atom. The lowest BCUT2D eigenvalue weighted by Gasteiger charge is -1.91. The standard InChI is InChI=1S/C7H5BrN2.C2H6/c8-7-2-1-6(3-4-9)5-10-7;1-2/h1-2,5H,3H2;1-2H3. The van der Waals surface area contributed by atoms with Crippen LogP contribution in [0.5, 0.6) is 0 Å². The molecule has 64 valence electrons. The number of hydrogen-bond acceptors (Lipinski definition) is 2. The number of nitrogens with zero attached hydrogens (tertiary/aromatic N) is 2. The van der Waals surface area contributed by atoms with Crippen molar-refractivity contribution >= 4 is 15.9 Å². The van der Waals surface area contributed by atoms with E-state index in [1.165, 1.54) is 0 Å². The predicted molar refractivity (Wildman–Crippen MR) is 52.6 cm³/mol. The van der Waals surface area contributed by atoms with Crippen LogP contribution in [0.1, 0.15) is 19.4 Å². The zero-order valence-electron chi connectivity index (χ0n) is 7.21. The van der Waals surface area contributed by atoms with Crippen molar-refractivity contribution in [1.29, 1.82) is 5.26 Å². The summed E-state index contributed by atoms with van der Waals surface area (Å²) in [6.07, 6.45) is 2.12. The largest absolute Gasteiger partial charge is 0.249 e. The second-order valence-corrected chi connectivity index (χ2v) is 2.64. The molecule has 0 aliphatic heterocycles. The Bertz CT molecular complexity index is 248. The van der Waals surface area contributed by atoms with Crippen molar-refractivity contribution in [3.05, 3.63) is 28.5 Å². The van der Waals surface area contributed by atoms with Gasteiger partial charge in [0.25, 0.3) is 0 Å². The topological polar surface area (TPSA) is 36.7 Å². The maximum atomic E-state index is 8.30. The highest BCUT2D eigenvalue weighted by Crippen LogP contribution is 2.05. The Labute approximate surface area is 81.4 Å². The van der Waals surface area contributed by atoms with Crippen molar-refractivity contribution in [2.75, 3.05) is 0 Å². The molecule has 0 aliphatic rings. The molecular formula is C9H11BrN2. The van der Waals surface area contributed by atoms with Gasteiger partial charge >= 0.3 is 0 Å². The summed E-state index contributed by atoms with van der Waals surface area (Å²) in [4.78, 5) is 3.96. The highest BCUT2D eigenvalue weighted by molar-refractivity contribution is 9.10. The van der Waals surface area contributed by atoms with Crippen LogP contribution in [-0.4, -0.2) is 4.98 Å². The van der Waals surface area contributed by atoms with Gasteiger partial charge in [-0.25, -0.2) is 4.98 Å². The third-order valence-electron chi connectivity index (χ3n) is 1.07. The monoisotopic (exact) mass is 226 g/mol. The fraction of sp³-hybridized carbons (Fsp3) is 0.333. The normalized spacial score (nSPS) is 7.83. The smallest absolute Gasteiger partial charge is 0.106 e. The van der Waals surface area contributed by atoms with E-state index in [-0.39, 0.29) is 0 Å². The van der Waals surface area contributed by atoms with E-state index in [1.54, 1.807) is 6.20 Å². The first-order valence-corrected chi connectivity index (χ1v) is 4.59. The summed E-state index contributed by atoms with van der Waals surface area (Å²) in [6, 6.07) is 5.75. The molecule has 1 aromatic rings. The van der Waals surface area contributed by atoms with Crippen molar-refractivity contribution < 1.29 is 0 Å². The molecular weight excluding hydrogens is 216 g/mol. The summed E-state index contributed by atoms with van der Waals surface area (Å²) in [5.74, 6) is 0. The average molecular weight is 227 g/mol. The first-order valence-electron chi connectivity index (χ1n) is 3.80. The minimum absolute atomic E-state index is 0.431. The zero-order valence-corrected chi connectivity index (χ0v) is 8.80. The molecule has 0 fully saturated rings. The first kappa shape index (κ1) is 11.1.